The fourth-order valence-corrected chi connectivity index (χ4v) is 3.49. The summed E-state index contributed by atoms with van der Waals surface area (Å²) in [4.78, 5) is 15.0. The zero-order valence-electron chi connectivity index (χ0n) is 16.9. The van der Waals surface area contributed by atoms with Gasteiger partial charge in [0.2, 0.25) is 12.1 Å². The maximum Gasteiger partial charge on any atom is 0.224 e. The molecule has 0 saturated heterocycles. The first kappa shape index (κ1) is 20.8. The summed E-state index contributed by atoms with van der Waals surface area (Å²) in [7, 11) is 0. The Balaban J connectivity index is 2.64. The second-order valence-electron chi connectivity index (χ2n) is 7.61. The molecule has 0 aliphatic rings. The van der Waals surface area contributed by atoms with E-state index >= 15 is 0 Å². The van der Waals surface area contributed by atoms with E-state index in [9.17, 15) is 5.26 Å². The van der Waals surface area contributed by atoms with Gasteiger partial charge < -0.3 is 9.30 Å². The zero-order valence-corrected chi connectivity index (χ0v) is 17.7. The summed E-state index contributed by atoms with van der Waals surface area (Å²) in [5, 5.41) is 9.18. The number of ether oxygens (including phenoxy) is 1. The third-order valence-corrected chi connectivity index (χ3v) is 5.12. The lowest BCUT2D eigenvalue weighted by atomic mass is 9.95. The Morgan fingerprint density at radius 2 is 2.15 bits per heavy atom. The van der Waals surface area contributed by atoms with Gasteiger partial charge in [0.05, 0.1) is 12.2 Å². The first-order valence-corrected chi connectivity index (χ1v) is 9.88. The van der Waals surface area contributed by atoms with E-state index < -0.39 is 0 Å². The molecule has 0 aliphatic heterocycles. The lowest BCUT2D eigenvalue weighted by Gasteiger charge is -2.14. The quantitative estimate of drug-likeness (QED) is 0.441. The molecule has 0 unspecified atom stereocenters. The van der Waals surface area contributed by atoms with Crippen molar-refractivity contribution in [1.29, 1.82) is 5.26 Å². The Labute approximate surface area is 164 Å². The molecule has 2 aromatic rings. The molecule has 144 valence electrons. The second-order valence-corrected chi connectivity index (χ2v) is 8.62. The number of aliphatic imine (C=N–C) groups is 1. The molecule has 0 atom stereocenters. The number of nitriles is 1. The Kier molecular flexibility index (Phi) is 6.92. The minimum atomic E-state index is 0.0223. The minimum absolute atomic E-state index is 0.0223. The summed E-state index contributed by atoms with van der Waals surface area (Å²) in [6.45, 7) is 14.1. The minimum Gasteiger partial charge on any atom is -0.477 e. The number of amidine groups is 1. The summed E-state index contributed by atoms with van der Waals surface area (Å²) in [5.41, 5.74) is 0.636. The molecule has 0 amide bonds. The predicted octanol–water partition coefficient (Wildman–Crippen LogP) is 4.13. The molecule has 0 fully saturated rings. The maximum atomic E-state index is 9.18. The number of hydrogen-bond donors (Lipinski definition) is 0. The maximum absolute atomic E-state index is 9.18. The van der Waals surface area contributed by atoms with Gasteiger partial charge in [-0.15, -0.1) is 11.3 Å². The summed E-state index contributed by atoms with van der Waals surface area (Å²) >= 11 is 1.62. The molecule has 0 aromatic carbocycles. The van der Waals surface area contributed by atoms with Crippen LogP contribution in [0.3, 0.4) is 0 Å². The highest BCUT2D eigenvalue weighted by molar-refractivity contribution is 7.09. The smallest absolute Gasteiger partial charge is 0.224 e. The van der Waals surface area contributed by atoms with Gasteiger partial charge in [0.25, 0.3) is 0 Å². The molecule has 2 aromatic heterocycles. The van der Waals surface area contributed by atoms with Crippen molar-refractivity contribution in [3.63, 3.8) is 0 Å². The SMILES string of the molecule is CCOc1ncccc1C(/N=c1\sc(C(C)(C)C)cn1CC(C)C)=N\C#N. The first-order chi connectivity index (χ1) is 12.8. The van der Waals surface area contributed by atoms with Crippen LogP contribution >= 0.6 is 11.3 Å². The van der Waals surface area contributed by atoms with Crippen LogP contribution in [0.2, 0.25) is 0 Å². The van der Waals surface area contributed by atoms with Crippen molar-refractivity contribution < 1.29 is 4.74 Å². The van der Waals surface area contributed by atoms with Gasteiger partial charge in [-0.1, -0.05) is 34.6 Å². The first-order valence-electron chi connectivity index (χ1n) is 9.06. The predicted molar refractivity (Wildman–Crippen MR) is 109 cm³/mol. The molecule has 0 saturated carbocycles. The van der Waals surface area contributed by atoms with E-state index in [0.717, 1.165) is 11.3 Å². The summed E-state index contributed by atoms with van der Waals surface area (Å²) in [5.74, 6) is 1.22. The van der Waals surface area contributed by atoms with Gasteiger partial charge in [-0.2, -0.15) is 15.2 Å². The normalized spacial score (nSPS) is 13.1. The molecule has 0 N–H and O–H groups in total. The molecule has 6 nitrogen and oxygen atoms in total. The number of rotatable bonds is 5. The highest BCUT2D eigenvalue weighted by atomic mass is 32.1. The van der Waals surface area contributed by atoms with Crippen LogP contribution in [0.15, 0.2) is 34.5 Å². The average molecular weight is 386 g/mol. The molecule has 2 rings (SSSR count). The van der Waals surface area contributed by atoms with Crippen LogP contribution in [0, 0.1) is 17.4 Å². The summed E-state index contributed by atoms with van der Waals surface area (Å²) < 4.78 is 7.73. The van der Waals surface area contributed by atoms with Gasteiger partial charge in [0.15, 0.2) is 10.6 Å². The zero-order chi connectivity index (χ0) is 20.0. The van der Waals surface area contributed by atoms with Crippen molar-refractivity contribution >= 4 is 17.2 Å². The van der Waals surface area contributed by atoms with Crippen molar-refractivity contribution in [1.82, 2.24) is 9.55 Å². The van der Waals surface area contributed by atoms with Crippen LogP contribution in [0.25, 0.3) is 0 Å². The van der Waals surface area contributed by atoms with Crippen molar-refractivity contribution in [3.05, 3.63) is 39.8 Å². The van der Waals surface area contributed by atoms with Gasteiger partial charge in [-0.3, -0.25) is 0 Å². The number of pyridine rings is 1. The van der Waals surface area contributed by atoms with Crippen molar-refractivity contribution in [3.8, 4) is 12.1 Å². The van der Waals surface area contributed by atoms with Crippen LogP contribution in [0.5, 0.6) is 5.88 Å². The molecular weight excluding hydrogens is 358 g/mol. The number of nitrogens with zero attached hydrogens (tertiary/aromatic N) is 5. The van der Waals surface area contributed by atoms with Crippen LogP contribution in [0.1, 0.15) is 52.0 Å². The van der Waals surface area contributed by atoms with Gasteiger partial charge in [0, 0.05) is 23.8 Å². The third-order valence-electron chi connectivity index (χ3n) is 3.67. The van der Waals surface area contributed by atoms with Crippen LogP contribution in [0.4, 0.5) is 0 Å². The molecule has 27 heavy (non-hydrogen) atoms. The fourth-order valence-electron chi connectivity index (χ4n) is 2.43. The van der Waals surface area contributed by atoms with Gasteiger partial charge >= 0.3 is 0 Å². The van der Waals surface area contributed by atoms with E-state index in [1.54, 1.807) is 23.6 Å². The van der Waals surface area contributed by atoms with E-state index in [1.165, 1.54) is 4.88 Å². The number of aromatic nitrogens is 2. The van der Waals surface area contributed by atoms with Gasteiger partial charge in [-0.25, -0.2) is 4.98 Å². The number of thiazole rings is 1. The monoisotopic (exact) mass is 385 g/mol. The lowest BCUT2D eigenvalue weighted by molar-refractivity contribution is 0.326. The average Bonchev–Trinajstić information content (AvgIpc) is 2.97. The molecule has 0 bridgehead atoms. The molecule has 0 spiro atoms. The number of hydrogen-bond acceptors (Lipinski definition) is 5. The standard InChI is InChI=1S/C20H27N5OS/c1-7-26-18-15(9-8-10-22-18)17(23-13-21)24-19-25(11-14(2)3)12-16(27-19)20(4,5)6/h8-10,12,14H,7,11H2,1-6H3/b23-17+,24-19-. The Morgan fingerprint density at radius 3 is 2.74 bits per heavy atom. The third kappa shape index (κ3) is 5.51. The fraction of sp³-hybridized carbons (Fsp3) is 0.500. The van der Waals surface area contributed by atoms with Crippen LogP contribution in [-0.4, -0.2) is 22.0 Å². The van der Waals surface area contributed by atoms with E-state index in [4.69, 9.17) is 9.73 Å². The highest BCUT2D eigenvalue weighted by Gasteiger charge is 2.19. The van der Waals surface area contributed by atoms with E-state index in [-0.39, 0.29) is 5.41 Å². The van der Waals surface area contributed by atoms with E-state index in [1.807, 2.05) is 19.2 Å². The van der Waals surface area contributed by atoms with Crippen molar-refractivity contribution in [2.45, 2.75) is 53.5 Å². The second kappa shape index (κ2) is 8.96. The molecule has 7 heteroatoms. The van der Waals surface area contributed by atoms with Crippen molar-refractivity contribution in [2.75, 3.05) is 6.61 Å². The Bertz CT molecular complexity index is 909. The largest absolute Gasteiger partial charge is 0.477 e. The van der Waals surface area contributed by atoms with Crippen LogP contribution in [-0.2, 0) is 12.0 Å². The molecule has 0 radical (unpaired) electrons. The highest BCUT2D eigenvalue weighted by Crippen LogP contribution is 2.25. The van der Waals surface area contributed by atoms with E-state index in [0.29, 0.717) is 29.8 Å². The van der Waals surface area contributed by atoms with Gasteiger partial charge in [-0.05, 0) is 30.4 Å². The summed E-state index contributed by atoms with van der Waals surface area (Å²) in [6, 6.07) is 3.61. The Hall–Kier alpha value is -2.46. The van der Waals surface area contributed by atoms with E-state index in [2.05, 4.69) is 55.4 Å². The molecule has 0 aliphatic carbocycles. The molecular formula is C20H27N5OS. The van der Waals surface area contributed by atoms with Crippen molar-refractivity contribution in [2.24, 2.45) is 15.9 Å². The Morgan fingerprint density at radius 1 is 1.41 bits per heavy atom. The lowest BCUT2D eigenvalue weighted by Crippen LogP contribution is -2.19. The topological polar surface area (TPSA) is 75.6 Å². The van der Waals surface area contributed by atoms with Gasteiger partial charge in [0.1, 0.15) is 0 Å². The molecule has 2 heterocycles. The summed E-state index contributed by atoms with van der Waals surface area (Å²) in [6.07, 6.45) is 5.67. The van der Waals surface area contributed by atoms with Crippen LogP contribution < -0.4 is 9.54 Å².